The van der Waals surface area contributed by atoms with Crippen LogP contribution in [0.25, 0.3) is 0 Å². The highest BCUT2D eigenvalue weighted by Gasteiger charge is 2.28. The van der Waals surface area contributed by atoms with E-state index >= 15 is 0 Å². The van der Waals surface area contributed by atoms with Gasteiger partial charge in [-0.3, -0.25) is 4.79 Å². The number of methoxy groups -OCH3 is 1. The Balaban J connectivity index is 2.23. The normalized spacial score (nSPS) is 11.4. The molecule has 0 aliphatic heterocycles. The van der Waals surface area contributed by atoms with E-state index in [-0.39, 0.29) is 28.7 Å². The Kier molecular flexibility index (Phi) is 8.23. The van der Waals surface area contributed by atoms with Crippen LogP contribution < -0.4 is 14.8 Å². The van der Waals surface area contributed by atoms with Gasteiger partial charge in [0.05, 0.1) is 25.9 Å². The summed E-state index contributed by atoms with van der Waals surface area (Å²) in [6.07, 6.45) is -0.859. The summed E-state index contributed by atoms with van der Waals surface area (Å²) in [6, 6.07) is 6.79. The lowest BCUT2D eigenvalue weighted by Gasteiger charge is -2.15. The van der Waals surface area contributed by atoms with Gasteiger partial charge >= 0.3 is 11.9 Å². The lowest BCUT2D eigenvalue weighted by atomic mass is 10.1. The molecule has 0 fully saturated rings. The first kappa shape index (κ1) is 23.2. The maximum atomic E-state index is 12.7. The monoisotopic (exact) mass is 435 g/mol. The summed E-state index contributed by atoms with van der Waals surface area (Å²) >= 11 is 0.966. The number of nitrogens with one attached hydrogen (secondary N) is 1. The van der Waals surface area contributed by atoms with E-state index in [1.807, 2.05) is 0 Å². The Bertz CT molecular complexity index is 905. The predicted octanol–water partition coefficient (Wildman–Crippen LogP) is 3.82. The molecule has 1 heterocycles. The van der Waals surface area contributed by atoms with Crippen molar-refractivity contribution < 1.29 is 33.3 Å². The molecule has 8 nitrogen and oxygen atoms in total. The molecule has 0 spiro atoms. The zero-order chi connectivity index (χ0) is 22.3. The number of carbonyl (C=O) groups is 3. The molecule has 1 N–H and O–H groups in total. The second-order valence-electron chi connectivity index (χ2n) is 6.13. The van der Waals surface area contributed by atoms with Gasteiger partial charge in [0.15, 0.2) is 6.10 Å². The number of rotatable bonds is 9. The van der Waals surface area contributed by atoms with Gasteiger partial charge in [0.2, 0.25) is 0 Å². The van der Waals surface area contributed by atoms with Crippen LogP contribution in [0.1, 0.15) is 46.4 Å². The highest BCUT2D eigenvalue weighted by atomic mass is 32.1. The number of esters is 2. The zero-order valence-electron chi connectivity index (χ0n) is 17.6. The number of hydrogen-bond acceptors (Lipinski definition) is 8. The standard InChI is InChI=1S/C21H25NO7S/c1-6-27-20(24)16-12(3)17(21(25)28-7-2)30-19(16)22-18(23)13(4)29-15-10-8-14(26-5)9-11-15/h8-11,13H,6-7H2,1-5H3,(H,22,23). The number of anilines is 1. The first-order valence-electron chi connectivity index (χ1n) is 9.41. The van der Waals surface area contributed by atoms with E-state index in [0.29, 0.717) is 17.1 Å². The summed E-state index contributed by atoms with van der Waals surface area (Å²) in [4.78, 5) is 37.5. The lowest BCUT2D eigenvalue weighted by Crippen LogP contribution is -2.30. The Morgan fingerprint density at radius 2 is 1.57 bits per heavy atom. The topological polar surface area (TPSA) is 100 Å². The van der Waals surface area contributed by atoms with E-state index in [2.05, 4.69) is 5.32 Å². The van der Waals surface area contributed by atoms with Crippen LogP contribution in [-0.4, -0.2) is 44.3 Å². The van der Waals surface area contributed by atoms with Crippen LogP contribution in [0, 0.1) is 6.92 Å². The molecule has 2 rings (SSSR count). The molecule has 0 saturated heterocycles. The smallest absolute Gasteiger partial charge is 0.348 e. The van der Waals surface area contributed by atoms with Crippen LogP contribution in [0.5, 0.6) is 11.5 Å². The van der Waals surface area contributed by atoms with Gasteiger partial charge < -0.3 is 24.3 Å². The molecular formula is C21H25NO7S. The minimum absolute atomic E-state index is 0.134. The molecule has 0 bridgehead atoms. The Labute approximate surface area is 179 Å². The first-order valence-corrected chi connectivity index (χ1v) is 10.2. The molecule has 2 aromatic rings. The van der Waals surface area contributed by atoms with Crippen molar-refractivity contribution in [1.82, 2.24) is 0 Å². The van der Waals surface area contributed by atoms with E-state index in [4.69, 9.17) is 18.9 Å². The molecule has 9 heteroatoms. The molecule has 1 aromatic heterocycles. The summed E-state index contributed by atoms with van der Waals surface area (Å²) in [6.45, 7) is 6.91. The van der Waals surface area contributed by atoms with E-state index in [1.165, 1.54) is 0 Å². The van der Waals surface area contributed by atoms with Crippen molar-refractivity contribution in [2.45, 2.75) is 33.8 Å². The van der Waals surface area contributed by atoms with Crippen LogP contribution in [0.3, 0.4) is 0 Å². The average molecular weight is 435 g/mol. The van der Waals surface area contributed by atoms with Crippen LogP contribution in [0.15, 0.2) is 24.3 Å². The summed E-state index contributed by atoms with van der Waals surface area (Å²) in [5.41, 5.74) is 0.533. The third-order valence-corrected chi connectivity index (χ3v) is 5.25. The van der Waals surface area contributed by atoms with E-state index in [9.17, 15) is 14.4 Å². The van der Waals surface area contributed by atoms with Gasteiger partial charge in [0, 0.05) is 0 Å². The second kappa shape index (κ2) is 10.6. The van der Waals surface area contributed by atoms with Crippen LogP contribution in [-0.2, 0) is 14.3 Å². The van der Waals surface area contributed by atoms with Crippen molar-refractivity contribution in [2.75, 3.05) is 25.6 Å². The lowest BCUT2D eigenvalue weighted by molar-refractivity contribution is -0.122. The van der Waals surface area contributed by atoms with Crippen molar-refractivity contribution in [2.24, 2.45) is 0 Å². The molecule has 1 aromatic carbocycles. The summed E-state index contributed by atoms with van der Waals surface area (Å²) in [5, 5.41) is 2.88. The Hall–Kier alpha value is -3.07. The van der Waals surface area contributed by atoms with Gasteiger partial charge in [0.25, 0.3) is 5.91 Å². The highest BCUT2D eigenvalue weighted by molar-refractivity contribution is 7.18. The van der Waals surface area contributed by atoms with Crippen molar-refractivity contribution in [3.8, 4) is 11.5 Å². The highest BCUT2D eigenvalue weighted by Crippen LogP contribution is 2.34. The van der Waals surface area contributed by atoms with Gasteiger partial charge in [-0.15, -0.1) is 11.3 Å². The molecule has 1 amide bonds. The fourth-order valence-corrected chi connectivity index (χ4v) is 3.66. The molecule has 30 heavy (non-hydrogen) atoms. The van der Waals surface area contributed by atoms with E-state index in [0.717, 1.165) is 11.3 Å². The zero-order valence-corrected chi connectivity index (χ0v) is 18.4. The number of thiophene rings is 1. The Morgan fingerprint density at radius 1 is 1.00 bits per heavy atom. The second-order valence-corrected chi connectivity index (χ2v) is 7.15. The third-order valence-electron chi connectivity index (χ3n) is 4.07. The predicted molar refractivity (Wildman–Crippen MR) is 113 cm³/mol. The number of hydrogen-bond donors (Lipinski definition) is 1. The van der Waals surface area contributed by atoms with Crippen molar-refractivity contribution >= 4 is 34.2 Å². The third kappa shape index (κ3) is 5.50. The van der Waals surface area contributed by atoms with Crippen LogP contribution in [0.4, 0.5) is 5.00 Å². The van der Waals surface area contributed by atoms with Gasteiger partial charge in [-0.05, 0) is 57.5 Å². The van der Waals surface area contributed by atoms with Crippen LogP contribution >= 0.6 is 11.3 Å². The van der Waals surface area contributed by atoms with E-state index < -0.39 is 23.9 Å². The number of amides is 1. The van der Waals surface area contributed by atoms with Gasteiger partial charge in [0.1, 0.15) is 21.4 Å². The maximum Gasteiger partial charge on any atom is 0.348 e. The molecular weight excluding hydrogens is 410 g/mol. The summed E-state index contributed by atoms with van der Waals surface area (Å²) < 4.78 is 20.9. The largest absolute Gasteiger partial charge is 0.497 e. The quantitative estimate of drug-likeness (QED) is 0.598. The van der Waals surface area contributed by atoms with Gasteiger partial charge in [-0.1, -0.05) is 0 Å². The molecule has 162 valence electrons. The number of carbonyl (C=O) groups excluding carboxylic acids is 3. The average Bonchev–Trinajstić information content (AvgIpc) is 3.04. The van der Waals surface area contributed by atoms with Crippen molar-refractivity contribution in [3.63, 3.8) is 0 Å². The molecule has 1 atom stereocenters. The molecule has 0 aliphatic carbocycles. The van der Waals surface area contributed by atoms with E-state index in [1.54, 1.807) is 59.1 Å². The summed E-state index contributed by atoms with van der Waals surface area (Å²) in [7, 11) is 1.56. The minimum Gasteiger partial charge on any atom is -0.497 e. The molecule has 0 aliphatic rings. The fourth-order valence-electron chi connectivity index (χ4n) is 2.57. The number of ether oxygens (including phenoxy) is 4. The van der Waals surface area contributed by atoms with Gasteiger partial charge in [-0.2, -0.15) is 0 Å². The molecule has 0 saturated carbocycles. The summed E-state index contributed by atoms with van der Waals surface area (Å²) in [5.74, 6) is -0.514. The number of benzene rings is 1. The molecule has 1 unspecified atom stereocenters. The van der Waals surface area contributed by atoms with Gasteiger partial charge in [-0.25, -0.2) is 9.59 Å². The van der Waals surface area contributed by atoms with Crippen LogP contribution in [0.2, 0.25) is 0 Å². The first-order chi connectivity index (χ1) is 14.3. The maximum absolute atomic E-state index is 12.7. The fraction of sp³-hybridized carbons (Fsp3) is 0.381. The minimum atomic E-state index is -0.859. The molecule has 0 radical (unpaired) electrons. The van der Waals surface area contributed by atoms with Crippen molar-refractivity contribution in [1.29, 1.82) is 0 Å². The van der Waals surface area contributed by atoms with Crippen molar-refractivity contribution in [3.05, 3.63) is 40.3 Å². The SMILES string of the molecule is CCOC(=O)c1sc(NC(=O)C(C)Oc2ccc(OC)cc2)c(C(=O)OCC)c1C. The Morgan fingerprint density at radius 3 is 2.13 bits per heavy atom.